The number of sulfonamides is 1. The quantitative estimate of drug-likeness (QED) is 0.392. The fourth-order valence-corrected chi connectivity index (χ4v) is 6.98. The Morgan fingerprint density at radius 1 is 1.06 bits per heavy atom. The lowest BCUT2D eigenvalue weighted by Gasteiger charge is -2.31. The lowest BCUT2D eigenvalue weighted by atomic mass is 9.98. The number of fused-ring (bicyclic) bond motifs is 3. The summed E-state index contributed by atoms with van der Waals surface area (Å²) in [7, 11) is -2.33. The second-order valence-electron chi connectivity index (χ2n) is 9.34. The zero-order valence-electron chi connectivity index (χ0n) is 20.8. The number of aryl methyl sites for hydroxylation is 2. The largest absolute Gasteiger partial charge is 0.495 e. The Bertz CT molecular complexity index is 1560. The van der Waals surface area contributed by atoms with Crippen molar-refractivity contribution in [2.75, 3.05) is 25.5 Å². The van der Waals surface area contributed by atoms with Gasteiger partial charge in [0.15, 0.2) is 0 Å². The topological polar surface area (TPSA) is 80.6 Å². The summed E-state index contributed by atoms with van der Waals surface area (Å²) in [5.41, 5.74) is 3.84. The van der Waals surface area contributed by atoms with Crippen molar-refractivity contribution < 1.29 is 17.9 Å². The Labute approximate surface area is 211 Å². The molecule has 0 bridgehead atoms. The molecule has 5 rings (SSSR count). The van der Waals surface area contributed by atoms with Gasteiger partial charge < -0.3 is 14.6 Å². The number of amides is 1. The number of para-hydroxylation sites is 1. The lowest BCUT2D eigenvalue weighted by molar-refractivity contribution is -0.120. The number of aromatic nitrogens is 1. The molecule has 0 saturated carbocycles. The molecule has 1 aromatic heterocycles. The highest BCUT2D eigenvalue weighted by Crippen LogP contribution is 2.33. The number of hydrogen-bond donors (Lipinski definition) is 1. The van der Waals surface area contributed by atoms with Crippen LogP contribution in [-0.4, -0.2) is 43.4 Å². The molecule has 1 N–H and O–H groups in total. The Balaban J connectivity index is 1.38. The number of rotatable bonds is 6. The predicted molar refractivity (Wildman–Crippen MR) is 143 cm³/mol. The molecule has 188 valence electrons. The molecule has 1 fully saturated rings. The van der Waals surface area contributed by atoms with Gasteiger partial charge in [-0.1, -0.05) is 24.3 Å². The lowest BCUT2D eigenvalue weighted by Crippen LogP contribution is -2.43. The van der Waals surface area contributed by atoms with Gasteiger partial charge in [0.05, 0.1) is 13.0 Å². The maximum absolute atomic E-state index is 13.5. The molecule has 1 saturated heterocycles. The summed E-state index contributed by atoms with van der Waals surface area (Å²) in [5.74, 6) is -0.284. The van der Waals surface area contributed by atoms with E-state index in [-0.39, 0.29) is 17.3 Å². The van der Waals surface area contributed by atoms with E-state index in [0.717, 1.165) is 33.9 Å². The molecule has 2 heterocycles. The van der Waals surface area contributed by atoms with E-state index in [2.05, 4.69) is 28.9 Å². The number of methoxy groups -OCH3 is 1. The van der Waals surface area contributed by atoms with Gasteiger partial charge in [-0.15, -0.1) is 0 Å². The molecule has 1 atom stereocenters. The second-order valence-corrected chi connectivity index (χ2v) is 11.2. The number of piperidine rings is 1. The first-order valence-electron chi connectivity index (χ1n) is 12.3. The van der Waals surface area contributed by atoms with Crippen LogP contribution in [0.5, 0.6) is 5.75 Å². The highest BCUT2D eigenvalue weighted by molar-refractivity contribution is 7.89. The molecule has 1 aliphatic rings. The molecule has 0 radical (unpaired) electrons. The normalized spacial score (nSPS) is 16.9. The van der Waals surface area contributed by atoms with E-state index < -0.39 is 15.9 Å². The summed E-state index contributed by atoms with van der Waals surface area (Å²) < 4.78 is 35.9. The third-order valence-corrected chi connectivity index (χ3v) is 8.93. The van der Waals surface area contributed by atoms with Gasteiger partial charge in [-0.2, -0.15) is 4.31 Å². The van der Waals surface area contributed by atoms with Crippen molar-refractivity contribution in [1.29, 1.82) is 0 Å². The van der Waals surface area contributed by atoms with Crippen LogP contribution in [-0.2, 0) is 21.4 Å². The van der Waals surface area contributed by atoms with Gasteiger partial charge in [0, 0.05) is 47.1 Å². The van der Waals surface area contributed by atoms with Crippen LogP contribution in [0.1, 0.15) is 25.3 Å². The van der Waals surface area contributed by atoms with E-state index in [1.807, 2.05) is 43.3 Å². The van der Waals surface area contributed by atoms with Gasteiger partial charge in [-0.25, -0.2) is 8.42 Å². The number of hydrogen-bond acceptors (Lipinski definition) is 4. The standard InChI is InChI=1S/C28H31N3O4S/c1-4-31-24-10-6-5-9-22(24)23-17-21(12-13-25(23)31)29-28(32)20-8-7-15-30(18-20)36(33,34)27-16-19(2)11-14-26(27)35-3/h5-6,9-14,16-17,20H,4,7-8,15,18H2,1-3H3,(H,29,32)/t20-/m1/s1. The third kappa shape index (κ3) is 4.24. The fourth-order valence-electron chi connectivity index (χ4n) is 5.22. The zero-order chi connectivity index (χ0) is 25.4. The number of nitrogens with zero attached hydrogens (tertiary/aromatic N) is 2. The van der Waals surface area contributed by atoms with Crippen LogP contribution < -0.4 is 10.1 Å². The van der Waals surface area contributed by atoms with Gasteiger partial charge in [0.25, 0.3) is 0 Å². The number of carbonyl (C=O) groups is 1. The number of nitrogens with one attached hydrogen (secondary N) is 1. The molecule has 8 heteroatoms. The number of ether oxygens (including phenoxy) is 1. The molecule has 4 aromatic rings. The van der Waals surface area contributed by atoms with Crippen molar-refractivity contribution in [2.24, 2.45) is 5.92 Å². The van der Waals surface area contributed by atoms with Crippen molar-refractivity contribution in [1.82, 2.24) is 8.87 Å². The second kappa shape index (κ2) is 9.59. The molecule has 7 nitrogen and oxygen atoms in total. The summed E-state index contributed by atoms with van der Waals surface area (Å²) in [6.45, 7) is 5.35. The predicted octanol–water partition coefficient (Wildman–Crippen LogP) is 5.17. The Kier molecular flexibility index (Phi) is 6.49. The van der Waals surface area contributed by atoms with E-state index in [1.165, 1.54) is 11.4 Å². The summed E-state index contributed by atoms with van der Waals surface area (Å²) in [6.07, 6.45) is 1.26. The monoisotopic (exact) mass is 505 g/mol. The smallest absolute Gasteiger partial charge is 0.246 e. The zero-order valence-corrected chi connectivity index (χ0v) is 21.6. The molecule has 1 amide bonds. The van der Waals surface area contributed by atoms with Crippen molar-refractivity contribution in [3.63, 3.8) is 0 Å². The van der Waals surface area contributed by atoms with Gasteiger partial charge in [0.1, 0.15) is 10.6 Å². The Morgan fingerprint density at radius 3 is 2.61 bits per heavy atom. The average Bonchev–Trinajstić information content (AvgIpc) is 3.21. The molecular formula is C28H31N3O4S. The minimum Gasteiger partial charge on any atom is -0.495 e. The molecule has 0 aliphatic carbocycles. The van der Waals surface area contributed by atoms with Gasteiger partial charge in [-0.3, -0.25) is 4.79 Å². The Hall–Kier alpha value is -3.36. The van der Waals surface area contributed by atoms with E-state index >= 15 is 0 Å². The van der Waals surface area contributed by atoms with Crippen LogP contribution in [0.4, 0.5) is 5.69 Å². The van der Waals surface area contributed by atoms with E-state index in [1.54, 1.807) is 12.1 Å². The van der Waals surface area contributed by atoms with Crippen LogP contribution in [0.15, 0.2) is 65.6 Å². The first-order chi connectivity index (χ1) is 17.3. The number of carbonyl (C=O) groups excluding carboxylic acids is 1. The third-order valence-electron chi connectivity index (χ3n) is 7.05. The fraction of sp³-hybridized carbons (Fsp3) is 0.321. The summed E-state index contributed by atoms with van der Waals surface area (Å²) in [4.78, 5) is 13.4. The summed E-state index contributed by atoms with van der Waals surface area (Å²) in [6, 6.07) is 19.3. The summed E-state index contributed by atoms with van der Waals surface area (Å²) >= 11 is 0. The van der Waals surface area contributed by atoms with Gasteiger partial charge in [0.2, 0.25) is 15.9 Å². The highest BCUT2D eigenvalue weighted by atomic mass is 32.2. The molecule has 3 aromatic carbocycles. The van der Waals surface area contributed by atoms with Crippen LogP contribution in [0, 0.1) is 12.8 Å². The maximum atomic E-state index is 13.5. The highest BCUT2D eigenvalue weighted by Gasteiger charge is 2.35. The average molecular weight is 506 g/mol. The van der Waals surface area contributed by atoms with Crippen LogP contribution in [0.2, 0.25) is 0 Å². The van der Waals surface area contributed by atoms with E-state index in [4.69, 9.17) is 4.74 Å². The maximum Gasteiger partial charge on any atom is 0.246 e. The number of benzene rings is 3. The molecule has 1 aliphatic heterocycles. The molecule has 0 unspecified atom stereocenters. The molecular weight excluding hydrogens is 474 g/mol. The van der Waals surface area contributed by atoms with Crippen LogP contribution >= 0.6 is 0 Å². The van der Waals surface area contributed by atoms with Gasteiger partial charge >= 0.3 is 0 Å². The number of anilines is 1. The SMILES string of the molecule is CCn1c2ccccc2c2cc(NC(=O)[C@@H]3CCCN(S(=O)(=O)c4cc(C)ccc4OC)C3)ccc21. The van der Waals surface area contributed by atoms with Crippen molar-refractivity contribution in [3.05, 3.63) is 66.2 Å². The minimum atomic E-state index is -3.79. The van der Waals surface area contributed by atoms with E-state index in [0.29, 0.717) is 30.8 Å². The minimum absolute atomic E-state index is 0.142. The first kappa shape index (κ1) is 24.3. The van der Waals surface area contributed by atoms with Crippen LogP contribution in [0.25, 0.3) is 21.8 Å². The van der Waals surface area contributed by atoms with Crippen molar-refractivity contribution in [2.45, 2.75) is 38.1 Å². The summed E-state index contributed by atoms with van der Waals surface area (Å²) in [5, 5.41) is 5.28. The van der Waals surface area contributed by atoms with Crippen molar-refractivity contribution >= 4 is 43.4 Å². The molecule has 36 heavy (non-hydrogen) atoms. The first-order valence-corrected chi connectivity index (χ1v) is 13.7. The van der Waals surface area contributed by atoms with Crippen molar-refractivity contribution in [3.8, 4) is 5.75 Å². The van der Waals surface area contributed by atoms with E-state index in [9.17, 15) is 13.2 Å². The Morgan fingerprint density at radius 2 is 1.83 bits per heavy atom. The van der Waals surface area contributed by atoms with Crippen LogP contribution in [0.3, 0.4) is 0 Å². The van der Waals surface area contributed by atoms with Gasteiger partial charge in [-0.05, 0) is 68.7 Å². The molecule has 0 spiro atoms.